The van der Waals surface area contributed by atoms with Crippen molar-refractivity contribution in [2.75, 3.05) is 13.2 Å². The molecule has 1 heterocycles. The molecule has 3 N–H and O–H groups in total. The van der Waals surface area contributed by atoms with E-state index < -0.39 is 5.54 Å². The fraction of sp³-hybridized carbons (Fsp3) is 0.778. The molecule has 1 aromatic heterocycles. The van der Waals surface area contributed by atoms with Gasteiger partial charge in [0.1, 0.15) is 5.82 Å². The summed E-state index contributed by atoms with van der Waals surface area (Å²) in [5.41, 5.74) is -0.533. The van der Waals surface area contributed by atoms with Gasteiger partial charge in [0.2, 0.25) is 0 Å². The number of nitrogens with one attached hydrogen (secondary N) is 2. The van der Waals surface area contributed by atoms with E-state index in [1.54, 1.807) is 6.20 Å². The molecule has 0 bridgehead atoms. The second-order valence-electron chi connectivity index (χ2n) is 7.48. The van der Waals surface area contributed by atoms with Crippen LogP contribution in [0.25, 0.3) is 0 Å². The van der Waals surface area contributed by atoms with Gasteiger partial charge in [0.15, 0.2) is 0 Å². The van der Waals surface area contributed by atoms with Crippen molar-refractivity contribution in [3.63, 3.8) is 0 Å². The summed E-state index contributed by atoms with van der Waals surface area (Å²) in [4.78, 5) is 16.5. The lowest BCUT2D eigenvalue weighted by atomic mass is 9.76. The maximum absolute atomic E-state index is 12.3. The summed E-state index contributed by atoms with van der Waals surface area (Å²) in [6.07, 6.45) is 9.53. The first-order chi connectivity index (χ1) is 11.4. The third kappa shape index (κ3) is 4.97. The van der Waals surface area contributed by atoms with Crippen LogP contribution in [-0.2, 0) is 6.54 Å². The van der Waals surface area contributed by atoms with E-state index in [0.717, 1.165) is 25.2 Å². The van der Waals surface area contributed by atoms with Gasteiger partial charge >= 0.3 is 6.03 Å². The van der Waals surface area contributed by atoms with Crippen LogP contribution in [0.1, 0.15) is 51.8 Å². The molecule has 0 saturated heterocycles. The SMILES string of the molecule is Cc1nccn1C[C@H](C)CNC(=O)N[C@](C)(CO)C1CCCCC1. The van der Waals surface area contributed by atoms with Gasteiger partial charge in [-0.3, -0.25) is 0 Å². The van der Waals surface area contributed by atoms with Crippen LogP contribution >= 0.6 is 0 Å². The largest absolute Gasteiger partial charge is 0.394 e. The maximum atomic E-state index is 12.3. The number of carbonyl (C=O) groups excluding carboxylic acids is 1. The lowest BCUT2D eigenvalue weighted by Gasteiger charge is -2.39. The molecule has 2 amide bonds. The molecule has 2 atom stereocenters. The molecule has 6 heteroatoms. The van der Waals surface area contributed by atoms with E-state index in [-0.39, 0.29) is 12.6 Å². The van der Waals surface area contributed by atoms with Crippen molar-refractivity contribution in [2.45, 2.75) is 65.0 Å². The molecule has 0 aromatic carbocycles. The normalized spacial score (nSPS) is 19.5. The lowest BCUT2D eigenvalue weighted by Crippen LogP contribution is -2.57. The van der Waals surface area contributed by atoms with E-state index in [1.165, 1.54) is 19.3 Å². The summed E-state index contributed by atoms with van der Waals surface area (Å²) in [6.45, 7) is 7.44. The molecular weight excluding hydrogens is 304 g/mol. The Labute approximate surface area is 145 Å². The number of aromatic nitrogens is 2. The maximum Gasteiger partial charge on any atom is 0.315 e. The Morgan fingerprint density at radius 2 is 2.17 bits per heavy atom. The average molecular weight is 336 g/mol. The number of urea groups is 1. The molecule has 1 aliphatic rings. The highest BCUT2D eigenvalue weighted by molar-refractivity contribution is 5.74. The number of aliphatic hydroxyl groups excluding tert-OH is 1. The van der Waals surface area contributed by atoms with Crippen LogP contribution in [0.3, 0.4) is 0 Å². The Bertz CT molecular complexity index is 525. The van der Waals surface area contributed by atoms with Crippen LogP contribution in [0.5, 0.6) is 0 Å². The predicted molar refractivity (Wildman–Crippen MR) is 94.7 cm³/mol. The van der Waals surface area contributed by atoms with Gasteiger partial charge in [-0.15, -0.1) is 0 Å². The van der Waals surface area contributed by atoms with E-state index in [0.29, 0.717) is 18.4 Å². The number of imidazole rings is 1. The minimum absolute atomic E-state index is 0.0190. The highest BCUT2D eigenvalue weighted by Gasteiger charge is 2.35. The molecule has 1 fully saturated rings. The van der Waals surface area contributed by atoms with Crippen LogP contribution in [0.15, 0.2) is 12.4 Å². The molecule has 24 heavy (non-hydrogen) atoms. The summed E-state index contributed by atoms with van der Waals surface area (Å²) in [7, 11) is 0. The van der Waals surface area contributed by atoms with Gasteiger partial charge in [-0.1, -0.05) is 26.2 Å². The van der Waals surface area contributed by atoms with Gasteiger partial charge < -0.3 is 20.3 Å². The smallest absolute Gasteiger partial charge is 0.315 e. The van der Waals surface area contributed by atoms with Crippen molar-refractivity contribution in [2.24, 2.45) is 11.8 Å². The number of carbonyl (C=O) groups is 1. The summed E-state index contributed by atoms with van der Waals surface area (Å²) in [5.74, 6) is 1.64. The fourth-order valence-corrected chi connectivity index (χ4v) is 3.58. The van der Waals surface area contributed by atoms with E-state index in [9.17, 15) is 9.90 Å². The summed E-state index contributed by atoms with van der Waals surface area (Å²) < 4.78 is 2.09. The predicted octanol–water partition coefficient (Wildman–Crippen LogP) is 2.46. The highest BCUT2D eigenvalue weighted by atomic mass is 16.3. The van der Waals surface area contributed by atoms with Gasteiger partial charge in [-0.05, 0) is 38.5 Å². The van der Waals surface area contributed by atoms with Crippen molar-refractivity contribution in [3.05, 3.63) is 18.2 Å². The zero-order valence-electron chi connectivity index (χ0n) is 15.2. The molecule has 0 unspecified atom stereocenters. The van der Waals surface area contributed by atoms with E-state index >= 15 is 0 Å². The van der Waals surface area contributed by atoms with Crippen molar-refractivity contribution in [1.29, 1.82) is 0 Å². The van der Waals surface area contributed by atoms with Crippen LogP contribution in [-0.4, -0.2) is 39.4 Å². The Balaban J connectivity index is 1.79. The molecular formula is C18H32N4O2. The van der Waals surface area contributed by atoms with Gasteiger partial charge in [-0.2, -0.15) is 0 Å². The van der Waals surface area contributed by atoms with Gasteiger partial charge in [-0.25, -0.2) is 9.78 Å². The zero-order chi connectivity index (χ0) is 17.6. The first-order valence-corrected chi connectivity index (χ1v) is 9.09. The first-order valence-electron chi connectivity index (χ1n) is 9.09. The second-order valence-corrected chi connectivity index (χ2v) is 7.48. The molecule has 6 nitrogen and oxygen atoms in total. The molecule has 1 aliphatic carbocycles. The van der Waals surface area contributed by atoms with Gasteiger partial charge in [0.25, 0.3) is 0 Å². The summed E-state index contributed by atoms with van der Waals surface area (Å²) in [5, 5.41) is 15.8. The summed E-state index contributed by atoms with van der Waals surface area (Å²) >= 11 is 0. The van der Waals surface area contributed by atoms with E-state index in [2.05, 4.69) is 27.1 Å². The Morgan fingerprint density at radius 3 is 2.75 bits per heavy atom. The third-order valence-electron chi connectivity index (χ3n) is 5.28. The first kappa shape index (κ1) is 18.8. The van der Waals surface area contributed by atoms with Gasteiger partial charge in [0.05, 0.1) is 12.1 Å². The molecule has 0 aliphatic heterocycles. The minimum atomic E-state index is -0.533. The van der Waals surface area contributed by atoms with Crippen molar-refractivity contribution in [1.82, 2.24) is 20.2 Å². The van der Waals surface area contributed by atoms with Crippen molar-refractivity contribution in [3.8, 4) is 0 Å². The number of amides is 2. The molecule has 0 spiro atoms. The molecule has 0 radical (unpaired) electrons. The van der Waals surface area contributed by atoms with Crippen LogP contribution in [0, 0.1) is 18.8 Å². The quantitative estimate of drug-likeness (QED) is 0.715. The average Bonchev–Trinajstić information content (AvgIpc) is 2.98. The van der Waals surface area contributed by atoms with E-state index in [4.69, 9.17) is 0 Å². The molecule has 136 valence electrons. The Hall–Kier alpha value is -1.56. The molecule has 1 aromatic rings. The monoisotopic (exact) mass is 336 g/mol. The minimum Gasteiger partial charge on any atom is -0.394 e. The van der Waals surface area contributed by atoms with Crippen molar-refractivity contribution >= 4 is 6.03 Å². The van der Waals surface area contributed by atoms with Gasteiger partial charge in [0, 0.05) is 25.5 Å². The van der Waals surface area contributed by atoms with Crippen LogP contribution < -0.4 is 10.6 Å². The molecule has 1 saturated carbocycles. The highest BCUT2D eigenvalue weighted by Crippen LogP contribution is 2.32. The number of nitrogens with zero attached hydrogens (tertiary/aromatic N) is 2. The lowest BCUT2D eigenvalue weighted by molar-refractivity contribution is 0.101. The van der Waals surface area contributed by atoms with Crippen LogP contribution in [0.4, 0.5) is 4.79 Å². The number of aliphatic hydroxyl groups is 1. The third-order valence-corrected chi connectivity index (χ3v) is 5.28. The topological polar surface area (TPSA) is 79.2 Å². The number of rotatable bonds is 7. The number of hydrogen-bond donors (Lipinski definition) is 3. The van der Waals surface area contributed by atoms with E-state index in [1.807, 2.05) is 20.0 Å². The van der Waals surface area contributed by atoms with Crippen LogP contribution in [0.2, 0.25) is 0 Å². The summed E-state index contributed by atoms with van der Waals surface area (Å²) in [6, 6.07) is -0.189. The number of hydrogen-bond acceptors (Lipinski definition) is 3. The number of aryl methyl sites for hydroxylation is 1. The molecule has 2 rings (SSSR count). The Kier molecular flexibility index (Phi) is 6.66. The zero-order valence-corrected chi connectivity index (χ0v) is 15.2. The fourth-order valence-electron chi connectivity index (χ4n) is 3.58. The standard InChI is InChI=1S/C18H32N4O2/c1-14(12-22-10-9-19-15(22)2)11-20-17(24)21-18(3,13-23)16-7-5-4-6-8-16/h9-10,14,16,23H,4-8,11-13H2,1-3H3,(H2,20,21,24)/t14-,18-/m1/s1. The Morgan fingerprint density at radius 1 is 1.46 bits per heavy atom. The second kappa shape index (κ2) is 8.51. The van der Waals surface area contributed by atoms with Crippen molar-refractivity contribution < 1.29 is 9.90 Å².